The molecule has 2 aromatic rings. The summed E-state index contributed by atoms with van der Waals surface area (Å²) >= 11 is 12.2. The summed E-state index contributed by atoms with van der Waals surface area (Å²) in [6.45, 7) is 0.304. The number of ether oxygens (including phenoxy) is 1. The standard InChI is InChI=1S/C19H15Br2FN2O2S/c1-23-16(18(25)24(2)19(23)27)9-12-7-14(20)17(15(21)8-12)26-10-11-3-5-13(22)6-4-11/h3-9H,10H2,1-2H3/b16-9-. The molecule has 1 aliphatic rings. The van der Waals surface area contributed by atoms with Crippen LogP contribution in [0.5, 0.6) is 5.75 Å². The van der Waals surface area contributed by atoms with Crippen LogP contribution in [0.2, 0.25) is 0 Å². The highest BCUT2D eigenvalue weighted by molar-refractivity contribution is 9.11. The van der Waals surface area contributed by atoms with E-state index in [1.165, 1.54) is 17.0 Å². The Morgan fingerprint density at radius 3 is 2.22 bits per heavy atom. The van der Waals surface area contributed by atoms with E-state index in [9.17, 15) is 9.18 Å². The summed E-state index contributed by atoms with van der Waals surface area (Å²) in [5, 5.41) is 0.462. The van der Waals surface area contributed by atoms with E-state index in [-0.39, 0.29) is 11.7 Å². The van der Waals surface area contributed by atoms with Crippen molar-refractivity contribution >= 4 is 61.2 Å². The van der Waals surface area contributed by atoms with Crippen LogP contribution in [0.25, 0.3) is 6.08 Å². The number of carbonyl (C=O) groups excluding carboxylic acids is 1. The van der Waals surface area contributed by atoms with Crippen molar-refractivity contribution in [1.29, 1.82) is 0 Å². The van der Waals surface area contributed by atoms with Crippen molar-refractivity contribution < 1.29 is 13.9 Å². The molecule has 1 heterocycles. The van der Waals surface area contributed by atoms with Crippen molar-refractivity contribution in [3.8, 4) is 5.75 Å². The SMILES string of the molecule is CN1C(=O)/C(=C/c2cc(Br)c(OCc3ccc(F)cc3)c(Br)c2)N(C)C1=S. The first kappa shape index (κ1) is 20.0. The smallest absolute Gasteiger partial charge is 0.276 e. The highest BCUT2D eigenvalue weighted by Gasteiger charge is 2.32. The van der Waals surface area contributed by atoms with Crippen LogP contribution in [-0.4, -0.2) is 34.9 Å². The minimum Gasteiger partial charge on any atom is -0.487 e. The number of benzene rings is 2. The fourth-order valence-corrected chi connectivity index (χ4v) is 4.22. The van der Waals surface area contributed by atoms with Gasteiger partial charge in [-0.05, 0) is 85.5 Å². The summed E-state index contributed by atoms with van der Waals surface area (Å²) in [6.07, 6.45) is 1.78. The van der Waals surface area contributed by atoms with E-state index < -0.39 is 0 Å². The number of nitrogens with zero attached hydrogens (tertiary/aromatic N) is 2. The second-order valence-electron chi connectivity index (χ2n) is 5.96. The number of carbonyl (C=O) groups is 1. The number of hydrogen-bond acceptors (Lipinski definition) is 3. The van der Waals surface area contributed by atoms with Crippen LogP contribution in [0.4, 0.5) is 4.39 Å². The van der Waals surface area contributed by atoms with Gasteiger partial charge in [0.05, 0.1) is 8.95 Å². The average Bonchev–Trinajstić information content (AvgIpc) is 2.80. The molecule has 0 spiro atoms. The predicted molar refractivity (Wildman–Crippen MR) is 114 cm³/mol. The van der Waals surface area contributed by atoms with Gasteiger partial charge in [-0.1, -0.05) is 12.1 Å². The molecule has 1 aliphatic heterocycles. The van der Waals surface area contributed by atoms with Crippen molar-refractivity contribution in [3.05, 3.63) is 68.0 Å². The molecule has 1 amide bonds. The van der Waals surface area contributed by atoms with E-state index in [0.29, 0.717) is 23.2 Å². The first-order valence-electron chi connectivity index (χ1n) is 7.91. The van der Waals surface area contributed by atoms with Crippen LogP contribution in [0.3, 0.4) is 0 Å². The zero-order valence-corrected chi connectivity index (χ0v) is 18.5. The van der Waals surface area contributed by atoms with Gasteiger partial charge in [0.25, 0.3) is 5.91 Å². The molecule has 3 rings (SSSR count). The van der Waals surface area contributed by atoms with E-state index in [1.54, 1.807) is 37.2 Å². The molecule has 27 heavy (non-hydrogen) atoms. The number of likely N-dealkylation sites (N-methyl/N-ethyl adjacent to an activating group) is 2. The molecule has 0 aromatic heterocycles. The van der Waals surface area contributed by atoms with E-state index in [4.69, 9.17) is 17.0 Å². The Kier molecular flexibility index (Phi) is 5.98. The minimum atomic E-state index is -0.282. The van der Waals surface area contributed by atoms with Crippen LogP contribution in [0, 0.1) is 5.82 Å². The molecule has 2 aromatic carbocycles. The Hall–Kier alpha value is -1.77. The van der Waals surface area contributed by atoms with Crippen molar-refractivity contribution in [2.45, 2.75) is 6.61 Å². The molecular formula is C19H15Br2FN2O2S. The van der Waals surface area contributed by atoms with Crippen molar-refractivity contribution in [3.63, 3.8) is 0 Å². The Morgan fingerprint density at radius 1 is 1.11 bits per heavy atom. The first-order chi connectivity index (χ1) is 12.8. The van der Waals surface area contributed by atoms with Gasteiger partial charge < -0.3 is 9.64 Å². The van der Waals surface area contributed by atoms with Gasteiger partial charge in [-0.25, -0.2) is 4.39 Å². The zero-order chi connectivity index (χ0) is 19.7. The predicted octanol–water partition coefficient (Wildman–Crippen LogP) is 4.96. The maximum atomic E-state index is 13.0. The number of halogens is 3. The third kappa shape index (κ3) is 4.23. The fraction of sp³-hybridized carbons (Fsp3) is 0.158. The van der Waals surface area contributed by atoms with Gasteiger partial charge in [0, 0.05) is 14.1 Å². The Morgan fingerprint density at radius 2 is 1.70 bits per heavy atom. The molecule has 0 aliphatic carbocycles. The number of rotatable bonds is 4. The van der Waals surface area contributed by atoms with Gasteiger partial charge in [0.2, 0.25) is 0 Å². The van der Waals surface area contributed by atoms with Crippen molar-refractivity contribution in [2.24, 2.45) is 0 Å². The molecular weight excluding hydrogens is 499 g/mol. The number of hydrogen-bond donors (Lipinski definition) is 0. The molecule has 0 bridgehead atoms. The maximum absolute atomic E-state index is 13.0. The lowest BCUT2D eigenvalue weighted by Crippen LogP contribution is -2.26. The molecule has 0 saturated carbocycles. The third-order valence-corrected chi connectivity index (χ3v) is 5.81. The molecule has 0 N–H and O–H groups in total. The normalized spacial score (nSPS) is 15.8. The minimum absolute atomic E-state index is 0.147. The van der Waals surface area contributed by atoms with Gasteiger partial charge in [0.15, 0.2) is 5.11 Å². The summed E-state index contributed by atoms with van der Waals surface area (Å²) in [5.41, 5.74) is 2.17. The summed E-state index contributed by atoms with van der Waals surface area (Å²) in [7, 11) is 3.42. The van der Waals surface area contributed by atoms with E-state index in [1.807, 2.05) is 12.1 Å². The lowest BCUT2D eigenvalue weighted by atomic mass is 10.1. The quantitative estimate of drug-likeness (QED) is 0.427. The summed E-state index contributed by atoms with van der Waals surface area (Å²) in [5.74, 6) is 0.196. The van der Waals surface area contributed by atoms with Gasteiger partial charge in [-0.2, -0.15) is 0 Å². The van der Waals surface area contributed by atoms with E-state index in [2.05, 4.69) is 31.9 Å². The van der Waals surface area contributed by atoms with Crippen LogP contribution < -0.4 is 4.74 Å². The first-order valence-corrected chi connectivity index (χ1v) is 9.91. The summed E-state index contributed by atoms with van der Waals surface area (Å²) in [6, 6.07) is 9.87. The zero-order valence-electron chi connectivity index (χ0n) is 14.5. The average molecular weight is 514 g/mol. The Balaban J connectivity index is 1.83. The molecule has 1 fully saturated rings. The van der Waals surface area contributed by atoms with Crippen molar-refractivity contribution in [1.82, 2.24) is 9.80 Å². The second-order valence-corrected chi connectivity index (χ2v) is 8.04. The topological polar surface area (TPSA) is 32.8 Å². The van der Waals surface area contributed by atoms with Gasteiger partial charge >= 0.3 is 0 Å². The third-order valence-electron chi connectivity index (χ3n) is 4.08. The highest BCUT2D eigenvalue weighted by atomic mass is 79.9. The molecule has 8 heteroatoms. The highest BCUT2D eigenvalue weighted by Crippen LogP contribution is 2.36. The van der Waals surface area contributed by atoms with Crippen LogP contribution in [0.1, 0.15) is 11.1 Å². The molecule has 0 radical (unpaired) electrons. The largest absolute Gasteiger partial charge is 0.487 e. The maximum Gasteiger partial charge on any atom is 0.276 e. The van der Waals surface area contributed by atoms with Crippen LogP contribution >= 0.6 is 44.1 Å². The Labute approximate surface area is 178 Å². The molecule has 140 valence electrons. The Bertz CT molecular complexity index is 924. The molecule has 0 atom stereocenters. The summed E-state index contributed by atoms with van der Waals surface area (Å²) in [4.78, 5) is 15.4. The van der Waals surface area contributed by atoms with E-state index >= 15 is 0 Å². The van der Waals surface area contributed by atoms with E-state index in [0.717, 1.165) is 20.1 Å². The van der Waals surface area contributed by atoms with Crippen LogP contribution in [-0.2, 0) is 11.4 Å². The summed E-state index contributed by atoms with van der Waals surface area (Å²) < 4.78 is 20.3. The fourth-order valence-electron chi connectivity index (χ4n) is 2.58. The molecule has 1 saturated heterocycles. The molecule has 4 nitrogen and oxygen atoms in total. The number of thiocarbonyl (C=S) groups is 1. The van der Waals surface area contributed by atoms with Crippen LogP contribution in [0.15, 0.2) is 51.0 Å². The van der Waals surface area contributed by atoms with Gasteiger partial charge in [0.1, 0.15) is 23.9 Å². The lowest BCUT2D eigenvalue weighted by Gasteiger charge is -2.13. The van der Waals surface area contributed by atoms with Gasteiger partial charge in [-0.3, -0.25) is 9.69 Å². The number of amides is 1. The lowest BCUT2D eigenvalue weighted by molar-refractivity contribution is -0.121. The van der Waals surface area contributed by atoms with Crippen molar-refractivity contribution in [2.75, 3.05) is 14.1 Å². The molecule has 0 unspecified atom stereocenters. The van der Waals surface area contributed by atoms with Gasteiger partial charge in [-0.15, -0.1) is 0 Å². The second kappa shape index (κ2) is 8.08. The monoisotopic (exact) mass is 512 g/mol.